The Morgan fingerprint density at radius 2 is 2.04 bits per heavy atom. The Morgan fingerprint density at radius 3 is 2.78 bits per heavy atom. The minimum Gasteiger partial charge on any atom is -0.377 e. The van der Waals surface area contributed by atoms with Crippen LogP contribution in [0.1, 0.15) is 28.8 Å². The summed E-state index contributed by atoms with van der Waals surface area (Å²) >= 11 is 0. The lowest BCUT2D eigenvalue weighted by Crippen LogP contribution is -2.32. The molecule has 1 saturated heterocycles. The summed E-state index contributed by atoms with van der Waals surface area (Å²) < 4.78 is 32.9. The monoisotopic (exact) mass is 384 g/mol. The van der Waals surface area contributed by atoms with Crippen molar-refractivity contribution in [3.8, 4) is 12.3 Å². The maximum atomic E-state index is 12.5. The molecule has 0 aromatic heterocycles. The summed E-state index contributed by atoms with van der Waals surface area (Å²) in [7, 11) is -3.72. The van der Waals surface area contributed by atoms with Crippen LogP contribution in [0.5, 0.6) is 0 Å². The van der Waals surface area contributed by atoms with E-state index in [0.29, 0.717) is 17.9 Å². The van der Waals surface area contributed by atoms with Crippen LogP contribution in [0.15, 0.2) is 53.4 Å². The van der Waals surface area contributed by atoms with Gasteiger partial charge in [-0.1, -0.05) is 18.1 Å². The van der Waals surface area contributed by atoms with Crippen LogP contribution in [0.3, 0.4) is 0 Å². The first-order valence-corrected chi connectivity index (χ1v) is 10.1. The third-order valence-electron chi connectivity index (χ3n) is 4.22. The number of carbonyl (C=O) groups is 1. The average Bonchev–Trinajstić information content (AvgIpc) is 3.20. The summed E-state index contributed by atoms with van der Waals surface area (Å²) in [5.41, 5.74) is 1.42. The van der Waals surface area contributed by atoms with E-state index in [1.165, 1.54) is 18.2 Å². The molecule has 1 unspecified atom stereocenters. The number of sulfonamides is 1. The number of hydrogen-bond donors (Lipinski definition) is 2. The van der Waals surface area contributed by atoms with E-state index >= 15 is 0 Å². The van der Waals surface area contributed by atoms with Crippen LogP contribution in [-0.4, -0.2) is 33.6 Å². The van der Waals surface area contributed by atoms with Crippen molar-refractivity contribution in [3.05, 3.63) is 59.7 Å². The molecular formula is C20H20N2O4S. The summed E-state index contributed by atoms with van der Waals surface area (Å²) in [6.07, 6.45) is 7.02. The SMILES string of the molecule is C#Cc1cccc(NC(=O)c2cccc(S(=O)(=O)NCC3CCCO3)c2)c1. The molecule has 0 spiro atoms. The van der Waals surface area contributed by atoms with E-state index in [2.05, 4.69) is 16.0 Å². The molecule has 1 aliphatic heterocycles. The normalized spacial score (nSPS) is 16.6. The van der Waals surface area contributed by atoms with Crippen molar-refractivity contribution in [1.82, 2.24) is 4.72 Å². The Bertz CT molecular complexity index is 973. The maximum Gasteiger partial charge on any atom is 0.255 e. The molecule has 1 fully saturated rings. The van der Waals surface area contributed by atoms with Gasteiger partial charge in [-0.05, 0) is 49.2 Å². The van der Waals surface area contributed by atoms with E-state index in [4.69, 9.17) is 11.2 Å². The second kappa shape index (κ2) is 8.35. The molecule has 0 radical (unpaired) electrons. The molecule has 0 saturated carbocycles. The molecule has 0 aliphatic carbocycles. The number of terminal acetylenes is 1. The quantitative estimate of drug-likeness (QED) is 0.749. The van der Waals surface area contributed by atoms with Gasteiger partial charge < -0.3 is 10.1 Å². The van der Waals surface area contributed by atoms with Crippen molar-refractivity contribution in [2.24, 2.45) is 0 Å². The van der Waals surface area contributed by atoms with Crippen molar-refractivity contribution >= 4 is 21.6 Å². The van der Waals surface area contributed by atoms with E-state index < -0.39 is 15.9 Å². The first-order chi connectivity index (χ1) is 13.0. The zero-order chi connectivity index (χ0) is 19.3. The lowest BCUT2D eigenvalue weighted by Gasteiger charge is -2.12. The molecule has 1 amide bonds. The van der Waals surface area contributed by atoms with Gasteiger partial charge in [-0.15, -0.1) is 6.42 Å². The summed E-state index contributed by atoms with van der Waals surface area (Å²) in [5, 5.41) is 2.72. The van der Waals surface area contributed by atoms with Gasteiger partial charge in [0.05, 0.1) is 11.0 Å². The van der Waals surface area contributed by atoms with Crippen LogP contribution >= 0.6 is 0 Å². The van der Waals surface area contributed by atoms with Gasteiger partial charge in [0.1, 0.15) is 0 Å². The zero-order valence-corrected chi connectivity index (χ0v) is 15.5. The molecule has 3 rings (SSSR count). The van der Waals surface area contributed by atoms with Gasteiger partial charge in [-0.2, -0.15) is 0 Å². The highest BCUT2D eigenvalue weighted by Crippen LogP contribution is 2.16. The molecule has 1 aliphatic rings. The Kier molecular flexibility index (Phi) is 5.91. The molecule has 140 valence electrons. The number of hydrogen-bond acceptors (Lipinski definition) is 4. The Hall–Kier alpha value is -2.66. The molecule has 0 bridgehead atoms. The topological polar surface area (TPSA) is 84.5 Å². The van der Waals surface area contributed by atoms with Crippen molar-refractivity contribution in [3.63, 3.8) is 0 Å². The lowest BCUT2D eigenvalue weighted by molar-refractivity contribution is 0.102. The smallest absolute Gasteiger partial charge is 0.255 e. The van der Waals surface area contributed by atoms with Crippen LogP contribution in [0.4, 0.5) is 5.69 Å². The van der Waals surface area contributed by atoms with Crippen LogP contribution in [-0.2, 0) is 14.8 Å². The van der Waals surface area contributed by atoms with E-state index in [1.54, 1.807) is 30.3 Å². The zero-order valence-electron chi connectivity index (χ0n) is 14.6. The number of rotatable bonds is 6. The van der Waals surface area contributed by atoms with E-state index in [0.717, 1.165) is 12.8 Å². The summed E-state index contributed by atoms with van der Waals surface area (Å²) in [5.74, 6) is 2.08. The number of nitrogens with one attached hydrogen (secondary N) is 2. The largest absolute Gasteiger partial charge is 0.377 e. The van der Waals surface area contributed by atoms with Crippen LogP contribution in [0, 0.1) is 12.3 Å². The second-order valence-electron chi connectivity index (χ2n) is 6.19. The fourth-order valence-corrected chi connectivity index (χ4v) is 3.90. The molecule has 6 nitrogen and oxygen atoms in total. The fraction of sp³-hybridized carbons (Fsp3) is 0.250. The summed E-state index contributed by atoms with van der Waals surface area (Å²) in [4.78, 5) is 12.5. The fourth-order valence-electron chi connectivity index (χ4n) is 2.79. The molecule has 1 atom stereocenters. The van der Waals surface area contributed by atoms with Gasteiger partial charge in [0.25, 0.3) is 5.91 Å². The molecule has 2 aromatic rings. The number of ether oxygens (including phenoxy) is 1. The van der Waals surface area contributed by atoms with Crippen LogP contribution < -0.4 is 10.0 Å². The van der Waals surface area contributed by atoms with Crippen molar-refractivity contribution in [2.75, 3.05) is 18.5 Å². The highest BCUT2D eigenvalue weighted by atomic mass is 32.2. The minimum atomic E-state index is -3.72. The lowest BCUT2D eigenvalue weighted by atomic mass is 10.2. The van der Waals surface area contributed by atoms with E-state index in [9.17, 15) is 13.2 Å². The molecule has 27 heavy (non-hydrogen) atoms. The predicted octanol–water partition coefficient (Wildman–Crippen LogP) is 2.38. The summed E-state index contributed by atoms with van der Waals surface area (Å²) in [6, 6.07) is 12.8. The number of amides is 1. The molecule has 1 heterocycles. The molecule has 7 heteroatoms. The minimum absolute atomic E-state index is 0.0329. The van der Waals surface area contributed by atoms with Crippen LogP contribution in [0.2, 0.25) is 0 Å². The van der Waals surface area contributed by atoms with Crippen molar-refractivity contribution in [2.45, 2.75) is 23.8 Å². The number of carbonyl (C=O) groups excluding carboxylic acids is 1. The van der Waals surface area contributed by atoms with E-state index in [1.807, 2.05) is 0 Å². The maximum absolute atomic E-state index is 12.5. The van der Waals surface area contributed by atoms with E-state index in [-0.39, 0.29) is 23.1 Å². The highest BCUT2D eigenvalue weighted by molar-refractivity contribution is 7.89. The molecule has 2 N–H and O–H groups in total. The van der Waals surface area contributed by atoms with Crippen molar-refractivity contribution in [1.29, 1.82) is 0 Å². The van der Waals surface area contributed by atoms with Crippen LogP contribution in [0.25, 0.3) is 0 Å². The van der Waals surface area contributed by atoms with Gasteiger partial charge in [0.15, 0.2) is 0 Å². The Morgan fingerprint density at radius 1 is 1.22 bits per heavy atom. The standard InChI is InChI=1S/C20H20N2O4S/c1-2-15-6-3-8-17(12-15)22-20(23)16-7-4-10-19(13-16)27(24,25)21-14-18-9-5-11-26-18/h1,3-4,6-8,10,12-13,18,21H,5,9,11,14H2,(H,22,23). The molecule has 2 aromatic carbocycles. The average molecular weight is 384 g/mol. The third-order valence-corrected chi connectivity index (χ3v) is 5.64. The molecular weight excluding hydrogens is 364 g/mol. The Balaban J connectivity index is 1.71. The number of anilines is 1. The highest BCUT2D eigenvalue weighted by Gasteiger charge is 2.21. The van der Waals surface area contributed by atoms with Gasteiger partial charge >= 0.3 is 0 Å². The predicted molar refractivity (Wildman–Crippen MR) is 103 cm³/mol. The van der Waals surface area contributed by atoms with Gasteiger partial charge in [-0.3, -0.25) is 4.79 Å². The first-order valence-electron chi connectivity index (χ1n) is 8.57. The second-order valence-corrected chi connectivity index (χ2v) is 7.96. The Labute approximate surface area is 159 Å². The first kappa shape index (κ1) is 19.1. The van der Waals surface area contributed by atoms with Gasteiger partial charge in [-0.25, -0.2) is 13.1 Å². The van der Waals surface area contributed by atoms with Gasteiger partial charge in [0.2, 0.25) is 10.0 Å². The van der Waals surface area contributed by atoms with Crippen molar-refractivity contribution < 1.29 is 17.9 Å². The summed E-state index contributed by atoms with van der Waals surface area (Å²) in [6.45, 7) is 0.876. The van der Waals surface area contributed by atoms with Gasteiger partial charge in [0, 0.05) is 30.0 Å². The third kappa shape index (κ3) is 4.95. The number of benzene rings is 2.